The van der Waals surface area contributed by atoms with Crippen molar-refractivity contribution in [3.8, 4) is 11.5 Å². The summed E-state index contributed by atoms with van der Waals surface area (Å²) in [7, 11) is 1.49. The first-order valence-electron chi connectivity index (χ1n) is 14.0. The molecule has 0 spiro atoms. The third-order valence-corrected chi connectivity index (χ3v) is 6.97. The molecule has 3 rings (SSSR count). The number of unbranched alkanes of at least 4 members (excludes halogenated alkanes) is 4. The minimum Gasteiger partial charge on any atom is -0.504 e. The average Bonchev–Trinajstić information content (AvgIpc) is 2.93. The minimum atomic E-state index is -0.259. The lowest BCUT2D eigenvalue weighted by molar-refractivity contribution is -0.124. The molecule has 1 unspecified atom stereocenters. The van der Waals surface area contributed by atoms with E-state index in [0.717, 1.165) is 60.8 Å². The molecule has 39 heavy (non-hydrogen) atoms. The number of benzene rings is 2. The number of nitrogens with one attached hydrogen (secondary N) is 1. The maximum atomic E-state index is 12.6. The molecule has 0 saturated heterocycles. The van der Waals surface area contributed by atoms with Crippen molar-refractivity contribution in [1.29, 1.82) is 0 Å². The van der Waals surface area contributed by atoms with Gasteiger partial charge in [-0.25, -0.2) is 0 Å². The van der Waals surface area contributed by atoms with Gasteiger partial charge in [0.05, 0.1) is 19.7 Å². The van der Waals surface area contributed by atoms with Crippen LogP contribution in [0.2, 0.25) is 0 Å². The fourth-order valence-corrected chi connectivity index (χ4v) is 4.75. The summed E-state index contributed by atoms with van der Waals surface area (Å²) in [6.07, 6.45) is 14.8. The van der Waals surface area contributed by atoms with Crippen molar-refractivity contribution in [3.63, 3.8) is 0 Å². The van der Waals surface area contributed by atoms with Crippen molar-refractivity contribution < 1.29 is 19.4 Å². The molecule has 6 heteroatoms. The van der Waals surface area contributed by atoms with Crippen molar-refractivity contribution in [3.05, 3.63) is 88.7 Å². The number of ether oxygens (including phenoxy) is 1. The van der Waals surface area contributed by atoms with Crippen molar-refractivity contribution in [2.45, 2.75) is 77.3 Å². The number of hydrogen-bond acceptors (Lipinski definition) is 6. The van der Waals surface area contributed by atoms with E-state index in [9.17, 15) is 14.7 Å². The van der Waals surface area contributed by atoms with Crippen LogP contribution in [0.15, 0.2) is 72.0 Å². The van der Waals surface area contributed by atoms with Crippen molar-refractivity contribution in [2.75, 3.05) is 7.11 Å². The Morgan fingerprint density at radius 3 is 2.56 bits per heavy atom. The minimum absolute atomic E-state index is 0.0207. The lowest BCUT2D eigenvalue weighted by Crippen LogP contribution is -2.35. The molecule has 0 saturated carbocycles. The first kappa shape index (κ1) is 29.9. The van der Waals surface area contributed by atoms with Gasteiger partial charge in [0, 0.05) is 12.6 Å². The number of hydrogen-bond donors (Lipinski definition) is 3. The number of phenols is 1. The largest absolute Gasteiger partial charge is 0.504 e. The van der Waals surface area contributed by atoms with E-state index in [4.69, 9.17) is 10.5 Å². The standard InChI is InChI=1S/C33H42N2O4/c1-3-4-5-6-10-13-29(36)22-30(37)17-16-25-20-32(39-2)31(38)19-27(25)18-28-23-35-33(34)21-26(28)15-14-24-11-8-7-9-12-24/h7-9,11-12,16-17,19-21,23,33,35,38H,3-6,10,13-15,18,22,34H2,1-2H3. The summed E-state index contributed by atoms with van der Waals surface area (Å²) < 4.78 is 5.32. The monoisotopic (exact) mass is 530 g/mol. The van der Waals surface area contributed by atoms with Crippen molar-refractivity contribution in [2.24, 2.45) is 5.73 Å². The topological polar surface area (TPSA) is 102 Å². The molecule has 1 aliphatic heterocycles. The predicted octanol–water partition coefficient (Wildman–Crippen LogP) is 6.18. The summed E-state index contributed by atoms with van der Waals surface area (Å²) >= 11 is 0. The van der Waals surface area contributed by atoms with Crippen LogP contribution < -0.4 is 15.8 Å². The molecule has 208 valence electrons. The number of aromatic hydroxyl groups is 1. The Hall–Kier alpha value is -3.64. The number of aryl methyl sites for hydroxylation is 1. The van der Waals surface area contributed by atoms with Gasteiger partial charge in [0.25, 0.3) is 0 Å². The molecule has 2 aromatic carbocycles. The van der Waals surface area contributed by atoms with Gasteiger partial charge in [0.1, 0.15) is 5.78 Å². The zero-order valence-corrected chi connectivity index (χ0v) is 23.2. The molecular formula is C33H42N2O4. The van der Waals surface area contributed by atoms with E-state index in [1.807, 2.05) is 30.5 Å². The van der Waals surface area contributed by atoms with Crippen LogP contribution >= 0.6 is 0 Å². The summed E-state index contributed by atoms with van der Waals surface area (Å²) in [5.41, 5.74) is 11.2. The van der Waals surface area contributed by atoms with Crippen LogP contribution in [0.1, 0.15) is 75.0 Å². The molecule has 0 aliphatic carbocycles. The number of carbonyl (C=O) groups is 2. The van der Waals surface area contributed by atoms with Crippen LogP contribution in [0.3, 0.4) is 0 Å². The molecule has 0 aromatic heterocycles. The van der Waals surface area contributed by atoms with E-state index >= 15 is 0 Å². The normalized spacial score (nSPS) is 15.0. The summed E-state index contributed by atoms with van der Waals surface area (Å²) in [5.74, 6) is 0.115. The van der Waals surface area contributed by atoms with Crippen molar-refractivity contribution in [1.82, 2.24) is 5.32 Å². The van der Waals surface area contributed by atoms with Crippen molar-refractivity contribution >= 4 is 17.6 Å². The van der Waals surface area contributed by atoms with E-state index in [2.05, 4.69) is 24.4 Å². The number of methoxy groups -OCH3 is 1. The second kappa shape index (κ2) is 15.7. The number of allylic oxidation sites excluding steroid dienone is 3. The van der Waals surface area contributed by atoms with Crippen LogP contribution in [0.4, 0.5) is 0 Å². The Morgan fingerprint density at radius 2 is 1.82 bits per heavy atom. The summed E-state index contributed by atoms with van der Waals surface area (Å²) in [6, 6.07) is 13.7. The Balaban J connectivity index is 1.71. The van der Waals surface area contributed by atoms with Gasteiger partial charge in [-0.05, 0) is 77.8 Å². The van der Waals surface area contributed by atoms with Gasteiger partial charge in [0.2, 0.25) is 0 Å². The molecule has 0 fully saturated rings. The van der Waals surface area contributed by atoms with E-state index in [0.29, 0.717) is 18.6 Å². The van der Waals surface area contributed by atoms with Gasteiger partial charge in [-0.3, -0.25) is 9.59 Å². The number of dihydropyridines is 1. The fourth-order valence-electron chi connectivity index (χ4n) is 4.75. The zero-order valence-electron chi connectivity index (χ0n) is 23.2. The highest BCUT2D eigenvalue weighted by Gasteiger charge is 2.17. The Labute approximate surface area is 232 Å². The van der Waals surface area contributed by atoms with Gasteiger partial charge < -0.3 is 20.9 Å². The first-order valence-corrected chi connectivity index (χ1v) is 14.0. The summed E-state index contributed by atoms with van der Waals surface area (Å²) in [5, 5.41) is 13.7. The second-order valence-electron chi connectivity index (χ2n) is 10.1. The number of carbonyl (C=O) groups excluding carboxylic acids is 2. The molecule has 0 radical (unpaired) electrons. The number of Topliss-reactive ketones (excluding diaryl/α,β-unsaturated/α-hetero) is 1. The Kier molecular flexibility index (Phi) is 12.0. The van der Waals surface area contributed by atoms with Crippen LogP contribution in [-0.4, -0.2) is 29.9 Å². The quantitative estimate of drug-likeness (QED) is 0.136. The van der Waals surface area contributed by atoms with Gasteiger partial charge in [-0.15, -0.1) is 0 Å². The van der Waals surface area contributed by atoms with E-state index in [-0.39, 0.29) is 29.9 Å². The number of rotatable bonds is 16. The maximum absolute atomic E-state index is 12.6. The van der Waals surface area contributed by atoms with E-state index in [1.165, 1.54) is 25.2 Å². The lowest BCUT2D eigenvalue weighted by Gasteiger charge is -2.22. The van der Waals surface area contributed by atoms with Crippen LogP contribution in [0.25, 0.3) is 6.08 Å². The zero-order chi connectivity index (χ0) is 28.0. The molecule has 6 nitrogen and oxygen atoms in total. The molecule has 0 bridgehead atoms. The summed E-state index contributed by atoms with van der Waals surface area (Å²) in [6.45, 7) is 2.16. The Morgan fingerprint density at radius 1 is 1.05 bits per heavy atom. The highest BCUT2D eigenvalue weighted by atomic mass is 16.5. The molecule has 1 atom stereocenters. The van der Waals surface area contributed by atoms with Crippen LogP contribution in [0.5, 0.6) is 11.5 Å². The predicted molar refractivity (Wildman–Crippen MR) is 157 cm³/mol. The maximum Gasteiger partial charge on any atom is 0.163 e. The second-order valence-corrected chi connectivity index (χ2v) is 10.1. The molecule has 0 amide bonds. The van der Waals surface area contributed by atoms with Gasteiger partial charge in [-0.2, -0.15) is 0 Å². The molecule has 4 N–H and O–H groups in total. The summed E-state index contributed by atoms with van der Waals surface area (Å²) in [4.78, 5) is 24.8. The number of nitrogens with two attached hydrogens (primary N) is 1. The number of phenolic OH excluding ortho intramolecular Hbond substituents is 1. The molecule has 1 heterocycles. The third kappa shape index (κ3) is 9.88. The van der Waals surface area contributed by atoms with Crippen LogP contribution in [-0.2, 0) is 22.4 Å². The molecular weight excluding hydrogens is 488 g/mol. The van der Waals surface area contributed by atoms with Gasteiger partial charge in [-0.1, -0.05) is 69.0 Å². The Bertz CT molecular complexity index is 1200. The third-order valence-electron chi connectivity index (χ3n) is 6.97. The van der Waals surface area contributed by atoms with Gasteiger partial charge >= 0.3 is 0 Å². The highest BCUT2D eigenvalue weighted by molar-refractivity contribution is 6.06. The van der Waals surface area contributed by atoms with E-state index < -0.39 is 0 Å². The SMILES string of the molecule is CCCCCCCC(=O)CC(=O)C=Cc1cc(OC)c(O)cc1CC1=CNC(N)C=C1CCc1ccccc1. The molecule has 2 aromatic rings. The first-order chi connectivity index (χ1) is 18.9. The van der Waals surface area contributed by atoms with Gasteiger partial charge in [0.15, 0.2) is 17.3 Å². The average molecular weight is 531 g/mol. The fraction of sp³-hybridized carbons (Fsp3) is 0.394. The van der Waals surface area contributed by atoms with E-state index in [1.54, 1.807) is 18.2 Å². The molecule has 1 aliphatic rings. The highest BCUT2D eigenvalue weighted by Crippen LogP contribution is 2.33. The number of ketones is 2. The lowest BCUT2D eigenvalue weighted by atomic mass is 9.90. The smallest absolute Gasteiger partial charge is 0.163 e. The van der Waals surface area contributed by atoms with Crippen LogP contribution in [0, 0.1) is 0 Å².